The van der Waals surface area contributed by atoms with Crippen molar-refractivity contribution in [1.82, 2.24) is 14.1 Å². The number of nitrogens with one attached hydrogen (secondary N) is 1. The highest BCUT2D eigenvalue weighted by atomic mass is 32.1. The van der Waals surface area contributed by atoms with Crippen LogP contribution in [-0.4, -0.2) is 28.4 Å². The molecule has 1 aliphatic heterocycles. The SMILES string of the molecule is CCOc1nsnc1C1=CCCNC1. The zero-order chi connectivity index (χ0) is 9.80. The van der Waals surface area contributed by atoms with Crippen LogP contribution in [0.1, 0.15) is 19.0 Å². The Hall–Kier alpha value is -0.940. The average Bonchev–Trinajstić information content (AvgIpc) is 2.68. The third-order valence-electron chi connectivity index (χ3n) is 2.07. The van der Waals surface area contributed by atoms with Crippen molar-refractivity contribution in [3.8, 4) is 5.88 Å². The highest BCUT2D eigenvalue weighted by Gasteiger charge is 2.15. The molecule has 14 heavy (non-hydrogen) atoms. The van der Waals surface area contributed by atoms with Crippen LogP contribution in [-0.2, 0) is 0 Å². The first-order chi connectivity index (χ1) is 6.92. The normalized spacial score (nSPS) is 16.5. The molecular formula is C9H13N3OS. The van der Waals surface area contributed by atoms with Crippen LogP contribution in [0.25, 0.3) is 5.57 Å². The standard InChI is InChI=1S/C9H13N3OS/c1-2-13-9-8(11-14-12-9)7-4-3-5-10-6-7/h4,10H,2-3,5-6H2,1H3. The molecule has 0 saturated heterocycles. The molecule has 0 aromatic carbocycles. The number of rotatable bonds is 3. The number of hydrogen-bond acceptors (Lipinski definition) is 5. The summed E-state index contributed by atoms with van der Waals surface area (Å²) in [6.07, 6.45) is 3.26. The van der Waals surface area contributed by atoms with Crippen molar-refractivity contribution in [2.75, 3.05) is 19.7 Å². The Bertz CT molecular complexity index is 335. The van der Waals surface area contributed by atoms with E-state index in [1.165, 1.54) is 17.3 Å². The molecule has 1 aromatic rings. The molecule has 0 atom stereocenters. The van der Waals surface area contributed by atoms with Gasteiger partial charge in [-0.05, 0) is 25.5 Å². The van der Waals surface area contributed by atoms with Crippen LogP contribution in [0.4, 0.5) is 0 Å². The van der Waals surface area contributed by atoms with Gasteiger partial charge in [0.05, 0.1) is 18.3 Å². The summed E-state index contributed by atoms with van der Waals surface area (Å²) in [5.74, 6) is 0.674. The van der Waals surface area contributed by atoms with Gasteiger partial charge in [-0.15, -0.1) is 4.37 Å². The van der Waals surface area contributed by atoms with Crippen LogP contribution in [0.3, 0.4) is 0 Å². The van der Waals surface area contributed by atoms with Gasteiger partial charge < -0.3 is 10.1 Å². The third-order valence-corrected chi connectivity index (χ3v) is 2.58. The molecular weight excluding hydrogens is 198 g/mol. The van der Waals surface area contributed by atoms with Gasteiger partial charge in [0.25, 0.3) is 5.88 Å². The minimum atomic E-state index is 0.638. The number of nitrogens with zero attached hydrogens (tertiary/aromatic N) is 2. The fourth-order valence-electron chi connectivity index (χ4n) is 1.43. The van der Waals surface area contributed by atoms with Crippen molar-refractivity contribution in [1.29, 1.82) is 0 Å². The Kier molecular flexibility index (Phi) is 3.10. The summed E-state index contributed by atoms with van der Waals surface area (Å²) in [7, 11) is 0. The molecule has 0 bridgehead atoms. The summed E-state index contributed by atoms with van der Waals surface area (Å²) in [4.78, 5) is 0. The fourth-order valence-corrected chi connectivity index (χ4v) is 1.96. The summed E-state index contributed by atoms with van der Waals surface area (Å²) in [6, 6.07) is 0. The second-order valence-corrected chi connectivity index (χ2v) is 3.57. The van der Waals surface area contributed by atoms with Crippen molar-refractivity contribution < 1.29 is 4.74 Å². The molecule has 0 radical (unpaired) electrons. The van der Waals surface area contributed by atoms with E-state index in [2.05, 4.69) is 20.1 Å². The molecule has 5 heteroatoms. The van der Waals surface area contributed by atoms with E-state index in [0.29, 0.717) is 12.5 Å². The summed E-state index contributed by atoms with van der Waals surface area (Å²) >= 11 is 1.21. The van der Waals surface area contributed by atoms with Gasteiger partial charge in [0.1, 0.15) is 5.69 Å². The van der Waals surface area contributed by atoms with E-state index in [-0.39, 0.29) is 0 Å². The minimum absolute atomic E-state index is 0.638. The average molecular weight is 211 g/mol. The Morgan fingerprint density at radius 1 is 1.57 bits per heavy atom. The summed E-state index contributed by atoms with van der Waals surface area (Å²) < 4.78 is 13.8. The summed E-state index contributed by atoms with van der Waals surface area (Å²) in [5.41, 5.74) is 2.11. The second-order valence-electron chi connectivity index (χ2n) is 3.05. The number of hydrogen-bond donors (Lipinski definition) is 1. The number of aromatic nitrogens is 2. The van der Waals surface area contributed by atoms with Gasteiger partial charge >= 0.3 is 0 Å². The Morgan fingerprint density at radius 2 is 2.50 bits per heavy atom. The molecule has 0 amide bonds. The third kappa shape index (κ3) is 1.93. The zero-order valence-electron chi connectivity index (χ0n) is 8.12. The van der Waals surface area contributed by atoms with Crippen LogP contribution >= 0.6 is 11.7 Å². The fraction of sp³-hybridized carbons (Fsp3) is 0.556. The molecule has 0 saturated carbocycles. The molecule has 0 aliphatic carbocycles. The maximum Gasteiger partial charge on any atom is 0.253 e. The van der Waals surface area contributed by atoms with Crippen molar-refractivity contribution >= 4 is 17.3 Å². The Morgan fingerprint density at radius 3 is 3.21 bits per heavy atom. The van der Waals surface area contributed by atoms with Gasteiger partial charge in [-0.2, -0.15) is 4.37 Å². The van der Waals surface area contributed by atoms with Crippen LogP contribution in [0.5, 0.6) is 5.88 Å². The lowest BCUT2D eigenvalue weighted by Crippen LogP contribution is -2.21. The van der Waals surface area contributed by atoms with Crippen molar-refractivity contribution in [3.05, 3.63) is 11.8 Å². The van der Waals surface area contributed by atoms with E-state index < -0.39 is 0 Å². The predicted molar refractivity (Wildman–Crippen MR) is 56.5 cm³/mol. The van der Waals surface area contributed by atoms with E-state index in [4.69, 9.17) is 4.74 Å². The van der Waals surface area contributed by atoms with Gasteiger partial charge in [0, 0.05) is 6.54 Å². The zero-order valence-corrected chi connectivity index (χ0v) is 8.93. The minimum Gasteiger partial charge on any atom is -0.476 e. The monoisotopic (exact) mass is 211 g/mol. The molecule has 0 spiro atoms. The maximum atomic E-state index is 5.40. The van der Waals surface area contributed by atoms with E-state index in [1.807, 2.05) is 6.92 Å². The molecule has 1 aromatic heterocycles. The van der Waals surface area contributed by atoms with Gasteiger partial charge in [0.15, 0.2) is 0 Å². The van der Waals surface area contributed by atoms with E-state index in [1.54, 1.807) is 0 Å². The lowest BCUT2D eigenvalue weighted by atomic mass is 10.1. The lowest BCUT2D eigenvalue weighted by molar-refractivity contribution is 0.328. The number of ether oxygens (including phenoxy) is 1. The molecule has 2 heterocycles. The van der Waals surface area contributed by atoms with Crippen molar-refractivity contribution in [2.45, 2.75) is 13.3 Å². The van der Waals surface area contributed by atoms with Crippen LogP contribution < -0.4 is 10.1 Å². The molecule has 2 rings (SSSR count). The van der Waals surface area contributed by atoms with Crippen molar-refractivity contribution in [2.24, 2.45) is 0 Å². The van der Waals surface area contributed by atoms with Gasteiger partial charge in [-0.3, -0.25) is 0 Å². The summed E-state index contributed by atoms with van der Waals surface area (Å²) in [6.45, 7) is 4.51. The lowest BCUT2D eigenvalue weighted by Gasteiger charge is -2.12. The van der Waals surface area contributed by atoms with E-state index in [9.17, 15) is 0 Å². The quantitative estimate of drug-likeness (QED) is 0.819. The molecule has 0 fully saturated rings. The van der Waals surface area contributed by atoms with Crippen LogP contribution in [0.2, 0.25) is 0 Å². The predicted octanol–water partition coefficient (Wildman–Crippen LogP) is 1.31. The largest absolute Gasteiger partial charge is 0.476 e. The van der Waals surface area contributed by atoms with Crippen molar-refractivity contribution in [3.63, 3.8) is 0 Å². The maximum absolute atomic E-state index is 5.40. The van der Waals surface area contributed by atoms with Gasteiger partial charge in [0.2, 0.25) is 0 Å². The van der Waals surface area contributed by atoms with Gasteiger partial charge in [-0.1, -0.05) is 6.08 Å². The molecule has 76 valence electrons. The topological polar surface area (TPSA) is 47.0 Å². The first kappa shape index (κ1) is 9.61. The molecule has 4 nitrogen and oxygen atoms in total. The van der Waals surface area contributed by atoms with E-state index in [0.717, 1.165) is 25.2 Å². The first-order valence-corrected chi connectivity index (χ1v) is 5.50. The molecule has 1 N–H and O–H groups in total. The second kappa shape index (κ2) is 4.52. The van der Waals surface area contributed by atoms with E-state index >= 15 is 0 Å². The first-order valence-electron chi connectivity index (χ1n) is 4.77. The highest BCUT2D eigenvalue weighted by Crippen LogP contribution is 2.24. The Balaban J connectivity index is 2.21. The molecule has 0 unspecified atom stereocenters. The van der Waals surface area contributed by atoms with Crippen LogP contribution in [0.15, 0.2) is 6.08 Å². The smallest absolute Gasteiger partial charge is 0.253 e. The van der Waals surface area contributed by atoms with Crippen LogP contribution in [0, 0.1) is 0 Å². The summed E-state index contributed by atoms with van der Waals surface area (Å²) in [5, 5.41) is 3.31. The Labute approximate surface area is 87.3 Å². The highest BCUT2D eigenvalue weighted by molar-refractivity contribution is 6.99. The van der Waals surface area contributed by atoms with Gasteiger partial charge in [-0.25, -0.2) is 0 Å². The molecule has 1 aliphatic rings.